The van der Waals surface area contributed by atoms with E-state index in [-0.39, 0.29) is 11.9 Å². The van der Waals surface area contributed by atoms with Gasteiger partial charge in [-0.1, -0.05) is 6.08 Å². The third kappa shape index (κ3) is 4.40. The Morgan fingerprint density at radius 2 is 2.00 bits per heavy atom. The van der Waals surface area contributed by atoms with Crippen LogP contribution in [0.2, 0.25) is 0 Å². The molecule has 0 radical (unpaired) electrons. The van der Waals surface area contributed by atoms with Gasteiger partial charge in [0.05, 0.1) is 6.04 Å². The van der Waals surface area contributed by atoms with Crippen molar-refractivity contribution in [3.8, 4) is 0 Å². The minimum atomic E-state index is -0.105. The zero-order valence-corrected chi connectivity index (χ0v) is 15.0. The van der Waals surface area contributed by atoms with Crippen LogP contribution in [0.1, 0.15) is 24.6 Å². The van der Waals surface area contributed by atoms with Gasteiger partial charge in [-0.3, -0.25) is 9.78 Å². The van der Waals surface area contributed by atoms with Crippen LogP contribution in [-0.4, -0.2) is 62.8 Å². The average Bonchev–Trinajstić information content (AvgIpc) is 3.12. The predicted molar refractivity (Wildman–Crippen MR) is 98.7 cm³/mol. The Morgan fingerprint density at radius 3 is 2.77 bits per heavy atom. The molecule has 1 atom stereocenters. The molecule has 26 heavy (non-hydrogen) atoms. The molecular weight excluding hydrogens is 330 g/mol. The normalized spacial score (nSPS) is 17.2. The van der Waals surface area contributed by atoms with Crippen molar-refractivity contribution in [3.63, 3.8) is 0 Å². The lowest BCUT2D eigenvalue weighted by Gasteiger charge is -2.24. The van der Waals surface area contributed by atoms with E-state index in [0.29, 0.717) is 18.3 Å². The maximum Gasteiger partial charge on any atom is 0.246 e. The third-order valence-electron chi connectivity index (χ3n) is 4.11. The molecule has 8 heteroatoms. The Balaban J connectivity index is 1.79. The summed E-state index contributed by atoms with van der Waals surface area (Å²) in [5.41, 5.74) is 0.742. The molecule has 1 aliphatic heterocycles. The molecular formula is C18H23N7O. The van der Waals surface area contributed by atoms with E-state index in [1.54, 1.807) is 36.9 Å². The van der Waals surface area contributed by atoms with Crippen molar-refractivity contribution in [1.29, 1.82) is 0 Å². The highest BCUT2D eigenvalue weighted by Crippen LogP contribution is 2.34. The third-order valence-corrected chi connectivity index (χ3v) is 4.11. The lowest BCUT2D eigenvalue weighted by Crippen LogP contribution is -2.30. The summed E-state index contributed by atoms with van der Waals surface area (Å²) < 4.78 is 0. The first kappa shape index (κ1) is 17.9. The van der Waals surface area contributed by atoms with Gasteiger partial charge < -0.3 is 15.1 Å². The second-order valence-corrected chi connectivity index (χ2v) is 6.34. The van der Waals surface area contributed by atoms with Crippen molar-refractivity contribution < 1.29 is 4.79 Å². The summed E-state index contributed by atoms with van der Waals surface area (Å²) in [6.45, 7) is 1.45. The molecule has 8 nitrogen and oxygen atoms in total. The topological polar surface area (TPSA) is 87.1 Å². The quantitative estimate of drug-likeness (QED) is 0.792. The van der Waals surface area contributed by atoms with E-state index in [0.717, 1.165) is 25.1 Å². The largest absolute Gasteiger partial charge is 0.330 e. The van der Waals surface area contributed by atoms with Crippen molar-refractivity contribution in [2.75, 3.05) is 32.5 Å². The van der Waals surface area contributed by atoms with Crippen LogP contribution >= 0.6 is 0 Å². The molecule has 1 amide bonds. The maximum absolute atomic E-state index is 12.6. The fourth-order valence-corrected chi connectivity index (χ4v) is 2.93. The lowest BCUT2D eigenvalue weighted by molar-refractivity contribution is -0.127. The summed E-state index contributed by atoms with van der Waals surface area (Å²) in [6.07, 6.45) is 11.9. The van der Waals surface area contributed by atoms with Gasteiger partial charge in [0, 0.05) is 44.0 Å². The van der Waals surface area contributed by atoms with Gasteiger partial charge in [0.25, 0.3) is 0 Å². The number of likely N-dealkylation sites (tertiary alicyclic amines) is 1. The highest BCUT2D eigenvalue weighted by molar-refractivity contribution is 5.88. The zero-order valence-electron chi connectivity index (χ0n) is 15.0. The Bertz CT molecular complexity index is 763. The molecule has 136 valence electrons. The second kappa shape index (κ2) is 8.48. The van der Waals surface area contributed by atoms with Crippen molar-refractivity contribution in [2.24, 2.45) is 0 Å². The van der Waals surface area contributed by atoms with Crippen LogP contribution in [-0.2, 0) is 4.79 Å². The Hall–Kier alpha value is -2.87. The smallest absolute Gasteiger partial charge is 0.246 e. The van der Waals surface area contributed by atoms with Crippen LogP contribution in [0.5, 0.6) is 0 Å². The fourth-order valence-electron chi connectivity index (χ4n) is 2.93. The van der Waals surface area contributed by atoms with E-state index >= 15 is 0 Å². The summed E-state index contributed by atoms with van der Waals surface area (Å²) in [6, 6.07) is 1.65. The number of likely N-dealkylation sites (N-methyl/N-ethyl adjacent to an activating group) is 1. The van der Waals surface area contributed by atoms with Gasteiger partial charge in [-0.2, -0.15) is 0 Å². The summed E-state index contributed by atoms with van der Waals surface area (Å²) in [5, 5.41) is 3.11. The molecule has 0 aromatic carbocycles. The van der Waals surface area contributed by atoms with Gasteiger partial charge in [0.15, 0.2) is 5.82 Å². The van der Waals surface area contributed by atoms with Gasteiger partial charge in [0.2, 0.25) is 11.9 Å². The molecule has 2 aromatic heterocycles. The predicted octanol–water partition coefficient (Wildman–Crippen LogP) is 1.79. The molecule has 1 aliphatic rings. The van der Waals surface area contributed by atoms with Crippen LogP contribution < -0.4 is 5.32 Å². The van der Waals surface area contributed by atoms with Crippen LogP contribution in [0.4, 0.5) is 11.8 Å². The number of carbonyl (C=O) groups is 1. The van der Waals surface area contributed by atoms with E-state index in [1.165, 1.54) is 0 Å². The highest BCUT2D eigenvalue weighted by Gasteiger charge is 2.32. The molecule has 2 aromatic rings. The van der Waals surface area contributed by atoms with Crippen molar-refractivity contribution in [3.05, 3.63) is 48.7 Å². The van der Waals surface area contributed by atoms with Crippen molar-refractivity contribution in [1.82, 2.24) is 29.7 Å². The highest BCUT2D eigenvalue weighted by atomic mass is 16.2. The van der Waals surface area contributed by atoms with Crippen molar-refractivity contribution >= 4 is 17.7 Å². The molecule has 3 heterocycles. The standard InChI is InChI=1S/C18H23N7O/c1-24(2)12-4-7-15(26)25-13-3-6-14(25)16-17(20-11-10-19-16)23-18-21-8-5-9-22-18/h4-5,7-11,14H,3,6,12-13H2,1-2H3,(H,20,21,22,23)/b7-4+. The molecule has 0 aliphatic carbocycles. The lowest BCUT2D eigenvalue weighted by atomic mass is 10.1. The van der Waals surface area contributed by atoms with Gasteiger partial charge in [0.1, 0.15) is 5.69 Å². The van der Waals surface area contributed by atoms with E-state index in [4.69, 9.17) is 0 Å². The zero-order chi connectivity index (χ0) is 18.4. The minimum absolute atomic E-state index is 0.00177. The summed E-state index contributed by atoms with van der Waals surface area (Å²) in [5.74, 6) is 1.04. The number of carbonyl (C=O) groups excluding carboxylic acids is 1. The first-order valence-electron chi connectivity index (χ1n) is 8.62. The van der Waals surface area contributed by atoms with Crippen LogP contribution in [0.25, 0.3) is 0 Å². The molecule has 0 bridgehead atoms. The van der Waals surface area contributed by atoms with Gasteiger partial charge >= 0.3 is 0 Å². The molecule has 0 spiro atoms. The van der Waals surface area contributed by atoms with Gasteiger partial charge in [-0.25, -0.2) is 15.0 Å². The summed E-state index contributed by atoms with van der Waals surface area (Å²) in [7, 11) is 3.94. The molecule has 0 saturated carbocycles. The van der Waals surface area contributed by atoms with E-state index in [9.17, 15) is 4.79 Å². The van der Waals surface area contributed by atoms with Crippen LogP contribution in [0.3, 0.4) is 0 Å². The van der Waals surface area contributed by atoms with E-state index < -0.39 is 0 Å². The first-order chi connectivity index (χ1) is 12.6. The molecule has 1 fully saturated rings. The second-order valence-electron chi connectivity index (χ2n) is 6.34. The van der Waals surface area contributed by atoms with E-state index in [2.05, 4.69) is 25.3 Å². The number of nitrogens with zero attached hydrogens (tertiary/aromatic N) is 6. The SMILES string of the molecule is CN(C)C/C=C/C(=O)N1CCCC1c1nccnc1Nc1ncccn1. The number of aromatic nitrogens is 4. The van der Waals surface area contributed by atoms with Crippen molar-refractivity contribution in [2.45, 2.75) is 18.9 Å². The molecule has 1 N–H and O–H groups in total. The summed E-state index contributed by atoms with van der Waals surface area (Å²) in [4.78, 5) is 33.7. The van der Waals surface area contributed by atoms with Gasteiger partial charge in [-0.05, 0) is 33.0 Å². The number of nitrogens with one attached hydrogen (secondary N) is 1. The molecule has 3 rings (SSSR count). The van der Waals surface area contributed by atoms with Gasteiger partial charge in [-0.15, -0.1) is 0 Å². The Labute approximate surface area is 153 Å². The number of amides is 1. The molecule has 1 unspecified atom stereocenters. The average molecular weight is 353 g/mol. The van der Waals surface area contributed by atoms with E-state index in [1.807, 2.05) is 30.0 Å². The van der Waals surface area contributed by atoms with Crippen LogP contribution in [0.15, 0.2) is 43.0 Å². The molecule has 1 saturated heterocycles. The number of hydrogen-bond donors (Lipinski definition) is 1. The van der Waals surface area contributed by atoms with Crippen LogP contribution in [0, 0.1) is 0 Å². The monoisotopic (exact) mass is 353 g/mol. The maximum atomic E-state index is 12.6. The number of hydrogen-bond acceptors (Lipinski definition) is 7. The fraction of sp³-hybridized carbons (Fsp3) is 0.389. The first-order valence-corrected chi connectivity index (χ1v) is 8.62. The Morgan fingerprint density at radius 1 is 1.23 bits per heavy atom. The number of rotatable bonds is 6. The number of anilines is 2. The summed E-state index contributed by atoms with van der Waals surface area (Å²) >= 11 is 0. The Kier molecular flexibility index (Phi) is 5.85. The minimum Gasteiger partial charge on any atom is -0.330 e.